The van der Waals surface area contributed by atoms with Crippen LogP contribution in [0.1, 0.15) is 37.7 Å². The molecule has 0 spiro atoms. The lowest BCUT2D eigenvalue weighted by Crippen LogP contribution is -2.43. The molecule has 0 aliphatic heterocycles. The highest BCUT2D eigenvalue weighted by Gasteiger charge is 2.38. The summed E-state index contributed by atoms with van der Waals surface area (Å²) in [4.78, 5) is 0.451. The van der Waals surface area contributed by atoms with Crippen LogP contribution in [0.5, 0.6) is 0 Å². The van der Waals surface area contributed by atoms with Gasteiger partial charge in [-0.05, 0) is 49.8 Å². The highest BCUT2D eigenvalue weighted by Crippen LogP contribution is 2.39. The molecule has 3 rings (SSSR count). The zero-order valence-electron chi connectivity index (χ0n) is 9.72. The Morgan fingerprint density at radius 2 is 1.71 bits per heavy atom. The van der Waals surface area contributed by atoms with Crippen molar-refractivity contribution in [2.45, 2.75) is 47.8 Å². The lowest BCUT2D eigenvalue weighted by atomic mass is 9.73. The van der Waals surface area contributed by atoms with Crippen LogP contribution in [-0.4, -0.2) is 13.7 Å². The van der Waals surface area contributed by atoms with E-state index in [1.807, 2.05) is 12.1 Å². The first-order chi connectivity index (χ1) is 8.02. The van der Waals surface area contributed by atoms with E-state index in [9.17, 15) is 8.42 Å². The number of hydrogen-bond donors (Lipinski definition) is 1. The minimum absolute atomic E-state index is 0.135. The van der Waals surface area contributed by atoms with E-state index >= 15 is 0 Å². The first kappa shape index (κ1) is 11.2. The molecule has 2 aliphatic carbocycles. The molecule has 17 heavy (non-hydrogen) atoms. The Hall–Kier alpha value is -0.870. The number of sulfone groups is 1. The summed E-state index contributed by atoms with van der Waals surface area (Å²) in [6.45, 7) is 0. The Balaban J connectivity index is 1.90. The summed E-state index contributed by atoms with van der Waals surface area (Å²) in [5, 5.41) is -0.135. The van der Waals surface area contributed by atoms with Gasteiger partial charge in [-0.3, -0.25) is 0 Å². The van der Waals surface area contributed by atoms with Gasteiger partial charge in [0, 0.05) is 5.54 Å². The average molecular weight is 251 g/mol. The first-order valence-corrected chi connectivity index (χ1v) is 7.70. The third kappa shape index (κ3) is 1.79. The molecule has 2 fully saturated rings. The van der Waals surface area contributed by atoms with Crippen molar-refractivity contribution in [3.05, 3.63) is 29.8 Å². The topological polar surface area (TPSA) is 60.2 Å². The van der Waals surface area contributed by atoms with Gasteiger partial charge in [0.2, 0.25) is 0 Å². The molecule has 3 nitrogen and oxygen atoms in total. The smallest absolute Gasteiger partial charge is 0.181 e. The van der Waals surface area contributed by atoms with E-state index in [2.05, 4.69) is 0 Å². The van der Waals surface area contributed by atoms with Crippen LogP contribution in [0.4, 0.5) is 0 Å². The summed E-state index contributed by atoms with van der Waals surface area (Å²) < 4.78 is 24.0. The van der Waals surface area contributed by atoms with Gasteiger partial charge in [-0.15, -0.1) is 0 Å². The molecule has 2 N–H and O–H groups in total. The van der Waals surface area contributed by atoms with Gasteiger partial charge >= 0.3 is 0 Å². The standard InChI is InChI=1S/C13H17NO2S/c14-13(8-1-9-13)10-2-4-11(5-3-10)17(15,16)12-6-7-12/h2-5,12H,1,6-9,14H2. The molecule has 0 bridgehead atoms. The molecule has 0 heterocycles. The second-order valence-electron chi connectivity index (χ2n) is 5.28. The van der Waals surface area contributed by atoms with Crippen molar-refractivity contribution < 1.29 is 8.42 Å². The van der Waals surface area contributed by atoms with Crippen molar-refractivity contribution in [1.29, 1.82) is 0 Å². The van der Waals surface area contributed by atoms with E-state index in [1.165, 1.54) is 6.42 Å². The summed E-state index contributed by atoms with van der Waals surface area (Å²) in [7, 11) is -3.06. The van der Waals surface area contributed by atoms with Gasteiger partial charge in [0.1, 0.15) is 0 Å². The molecule has 2 saturated carbocycles. The molecule has 0 atom stereocenters. The maximum atomic E-state index is 12.0. The van der Waals surface area contributed by atoms with Crippen LogP contribution in [0.3, 0.4) is 0 Å². The number of rotatable bonds is 3. The predicted molar refractivity (Wildman–Crippen MR) is 66.4 cm³/mol. The first-order valence-electron chi connectivity index (χ1n) is 6.16. The zero-order chi connectivity index (χ0) is 12.1. The fraction of sp³-hybridized carbons (Fsp3) is 0.538. The van der Waals surface area contributed by atoms with Crippen LogP contribution in [0.25, 0.3) is 0 Å². The third-order valence-corrected chi connectivity index (χ3v) is 6.25. The molecule has 0 unspecified atom stereocenters. The SMILES string of the molecule is NC1(c2ccc(S(=O)(=O)C3CC3)cc2)CCC1. The predicted octanol–water partition coefficient (Wildman–Crippen LogP) is 1.96. The highest BCUT2D eigenvalue weighted by atomic mass is 32.2. The van der Waals surface area contributed by atoms with E-state index in [0.717, 1.165) is 31.2 Å². The van der Waals surface area contributed by atoms with Crippen molar-refractivity contribution >= 4 is 9.84 Å². The normalized spacial score (nSPS) is 23.1. The Kier molecular flexibility index (Phi) is 2.35. The van der Waals surface area contributed by atoms with Gasteiger partial charge in [0.05, 0.1) is 10.1 Å². The summed E-state index contributed by atoms with van der Waals surface area (Å²) in [5.41, 5.74) is 7.07. The van der Waals surface area contributed by atoms with Gasteiger partial charge in [-0.25, -0.2) is 8.42 Å². The maximum absolute atomic E-state index is 12.0. The fourth-order valence-corrected chi connectivity index (χ4v) is 4.05. The third-order valence-electron chi connectivity index (χ3n) is 3.97. The minimum atomic E-state index is -3.06. The molecule has 1 aromatic rings. The van der Waals surface area contributed by atoms with Gasteiger partial charge in [0.25, 0.3) is 0 Å². The minimum Gasteiger partial charge on any atom is -0.321 e. The van der Waals surface area contributed by atoms with Crippen LogP contribution in [0.2, 0.25) is 0 Å². The summed E-state index contributed by atoms with van der Waals surface area (Å²) in [6, 6.07) is 7.20. The molecule has 92 valence electrons. The summed E-state index contributed by atoms with van der Waals surface area (Å²) >= 11 is 0. The number of nitrogens with two attached hydrogens (primary N) is 1. The Morgan fingerprint density at radius 1 is 1.12 bits per heavy atom. The Labute approximate surface area is 102 Å². The van der Waals surface area contributed by atoms with Gasteiger partial charge in [-0.1, -0.05) is 12.1 Å². The molecule has 0 saturated heterocycles. The van der Waals surface area contributed by atoms with Gasteiger partial charge in [-0.2, -0.15) is 0 Å². The quantitative estimate of drug-likeness (QED) is 0.893. The van der Waals surface area contributed by atoms with Crippen molar-refractivity contribution in [2.75, 3.05) is 0 Å². The summed E-state index contributed by atoms with van der Waals surface area (Å²) in [5.74, 6) is 0. The number of hydrogen-bond acceptors (Lipinski definition) is 3. The van der Waals surface area contributed by atoms with Crippen molar-refractivity contribution in [1.82, 2.24) is 0 Å². The lowest BCUT2D eigenvalue weighted by Gasteiger charge is -2.38. The molecule has 0 radical (unpaired) electrons. The molecular formula is C13H17NO2S. The van der Waals surface area contributed by atoms with Crippen molar-refractivity contribution in [2.24, 2.45) is 5.73 Å². The second-order valence-corrected chi connectivity index (χ2v) is 7.51. The van der Waals surface area contributed by atoms with Crippen LogP contribution in [0, 0.1) is 0 Å². The van der Waals surface area contributed by atoms with E-state index in [-0.39, 0.29) is 10.8 Å². The molecular weight excluding hydrogens is 234 g/mol. The van der Waals surface area contributed by atoms with Crippen molar-refractivity contribution in [3.8, 4) is 0 Å². The van der Waals surface area contributed by atoms with Gasteiger partial charge in [0.15, 0.2) is 9.84 Å². The van der Waals surface area contributed by atoms with Gasteiger partial charge < -0.3 is 5.73 Å². The van der Waals surface area contributed by atoms with E-state index in [4.69, 9.17) is 5.73 Å². The summed E-state index contributed by atoms with van der Waals surface area (Å²) in [6.07, 6.45) is 4.79. The fourth-order valence-electron chi connectivity index (χ4n) is 2.39. The molecule has 1 aromatic carbocycles. The van der Waals surface area contributed by atoms with E-state index in [0.29, 0.717) is 4.90 Å². The van der Waals surface area contributed by atoms with Crippen molar-refractivity contribution in [3.63, 3.8) is 0 Å². The van der Waals surface area contributed by atoms with Crippen LogP contribution >= 0.6 is 0 Å². The monoisotopic (exact) mass is 251 g/mol. The zero-order valence-corrected chi connectivity index (χ0v) is 10.5. The Bertz CT molecular complexity index is 525. The molecule has 0 amide bonds. The average Bonchev–Trinajstić information content (AvgIpc) is 3.10. The second kappa shape index (κ2) is 3.56. The van der Waals surface area contributed by atoms with Crippen LogP contribution in [-0.2, 0) is 15.4 Å². The van der Waals surface area contributed by atoms with Crippen LogP contribution < -0.4 is 5.73 Å². The maximum Gasteiger partial charge on any atom is 0.181 e. The molecule has 4 heteroatoms. The largest absolute Gasteiger partial charge is 0.321 e. The van der Waals surface area contributed by atoms with Crippen LogP contribution in [0.15, 0.2) is 29.2 Å². The molecule has 0 aromatic heterocycles. The highest BCUT2D eigenvalue weighted by molar-refractivity contribution is 7.92. The Morgan fingerprint density at radius 3 is 2.12 bits per heavy atom. The van der Waals surface area contributed by atoms with E-state index < -0.39 is 9.84 Å². The lowest BCUT2D eigenvalue weighted by molar-refractivity contribution is 0.253. The number of benzene rings is 1. The molecule has 2 aliphatic rings. The van der Waals surface area contributed by atoms with E-state index in [1.54, 1.807) is 12.1 Å².